The molecule has 28 heavy (non-hydrogen) atoms. The van der Waals surface area contributed by atoms with Crippen LogP contribution in [0.15, 0.2) is 91.0 Å². The third-order valence-corrected chi connectivity index (χ3v) is 10.2. The molecule has 1 atom stereocenters. The molecular weight excluding hydrogens is 378 g/mol. The van der Waals surface area contributed by atoms with Crippen LogP contribution in [0.25, 0.3) is 10.9 Å². The Morgan fingerprint density at radius 1 is 0.786 bits per heavy atom. The molecule has 0 aliphatic rings. The number of aromatic nitrogens is 1. The van der Waals surface area contributed by atoms with Crippen LogP contribution in [0.1, 0.15) is 16.8 Å². The molecule has 4 rings (SSSR count). The van der Waals surface area contributed by atoms with Crippen molar-refractivity contribution < 1.29 is 0 Å². The lowest BCUT2D eigenvalue weighted by molar-refractivity contribution is 0.856. The highest BCUT2D eigenvalue weighted by atomic mass is 35.5. The van der Waals surface area contributed by atoms with Gasteiger partial charge in [-0.25, -0.2) is 0 Å². The largest absolute Gasteiger partial charge is 0.253 e. The van der Waals surface area contributed by atoms with E-state index < -0.39 is 8.07 Å². The van der Waals surface area contributed by atoms with E-state index in [2.05, 4.69) is 85.9 Å². The van der Waals surface area contributed by atoms with Crippen LogP contribution in [-0.2, 0) is 6.42 Å². The summed E-state index contributed by atoms with van der Waals surface area (Å²) >= 11 is 6.68. The van der Waals surface area contributed by atoms with Crippen molar-refractivity contribution in [2.75, 3.05) is 0 Å². The fourth-order valence-corrected chi connectivity index (χ4v) is 7.57. The van der Waals surface area contributed by atoms with Gasteiger partial charge in [-0.15, -0.1) is 0 Å². The first-order chi connectivity index (χ1) is 13.6. The second kappa shape index (κ2) is 7.90. The number of fused-ring (bicyclic) bond motifs is 1. The smallest absolute Gasteiger partial charge is 0.0884 e. The molecule has 0 radical (unpaired) electrons. The van der Waals surface area contributed by atoms with E-state index in [9.17, 15) is 0 Å². The van der Waals surface area contributed by atoms with Crippen LogP contribution in [0.3, 0.4) is 0 Å². The van der Waals surface area contributed by atoms with Crippen LogP contribution in [0.2, 0.25) is 18.1 Å². The number of para-hydroxylation sites is 1. The summed E-state index contributed by atoms with van der Waals surface area (Å²) in [5.41, 5.74) is 3.76. The summed E-state index contributed by atoms with van der Waals surface area (Å²) in [5.74, 6) is 0. The quantitative estimate of drug-likeness (QED) is 0.354. The summed E-state index contributed by atoms with van der Waals surface area (Å²) in [6.45, 7) is 4.88. The molecule has 140 valence electrons. The molecule has 0 saturated heterocycles. The predicted octanol–water partition coefficient (Wildman–Crippen LogP) is 6.37. The molecule has 0 aliphatic heterocycles. The Bertz CT molecular complexity index is 1090. The van der Waals surface area contributed by atoms with E-state index >= 15 is 0 Å². The van der Waals surface area contributed by atoms with Crippen molar-refractivity contribution in [3.8, 4) is 0 Å². The first-order valence-corrected chi connectivity index (χ1v) is 13.2. The van der Waals surface area contributed by atoms with E-state index in [-0.39, 0.29) is 0 Å². The zero-order chi connectivity index (χ0) is 19.6. The molecule has 1 aromatic heterocycles. The molecule has 3 aromatic carbocycles. The second-order valence-corrected chi connectivity index (χ2v) is 13.0. The molecule has 0 N–H and O–H groups in total. The Balaban J connectivity index is 1.79. The summed E-state index contributed by atoms with van der Waals surface area (Å²) in [5, 5.41) is 3.48. The number of hydrogen-bond donors (Lipinski definition) is 0. The van der Waals surface area contributed by atoms with Crippen LogP contribution in [0, 0.1) is 0 Å². The van der Waals surface area contributed by atoms with Crippen molar-refractivity contribution >= 4 is 35.8 Å². The topological polar surface area (TPSA) is 12.9 Å². The van der Waals surface area contributed by atoms with Crippen molar-refractivity contribution in [3.05, 3.63) is 107 Å². The number of halogens is 1. The summed E-state index contributed by atoms with van der Waals surface area (Å²) in [4.78, 5) is 4.96. The second-order valence-electron chi connectivity index (χ2n) is 7.86. The van der Waals surface area contributed by atoms with Gasteiger partial charge < -0.3 is 0 Å². The molecular formula is C25H24ClNSi. The van der Waals surface area contributed by atoms with Crippen molar-refractivity contribution in [1.29, 1.82) is 0 Å². The summed E-state index contributed by atoms with van der Waals surface area (Å²) < 4.78 is 0. The molecule has 0 fully saturated rings. The van der Waals surface area contributed by atoms with Crippen LogP contribution in [0.4, 0.5) is 0 Å². The minimum Gasteiger partial charge on any atom is -0.253 e. The molecule has 0 bridgehead atoms. The predicted molar refractivity (Wildman–Crippen MR) is 123 cm³/mol. The number of hydrogen-bond acceptors (Lipinski definition) is 1. The molecule has 1 nitrogen and oxygen atoms in total. The van der Waals surface area contributed by atoms with Crippen LogP contribution >= 0.6 is 11.6 Å². The van der Waals surface area contributed by atoms with Gasteiger partial charge >= 0.3 is 0 Å². The first kappa shape index (κ1) is 18.9. The number of rotatable bonds is 5. The average molecular weight is 402 g/mol. The average Bonchev–Trinajstić information content (AvgIpc) is 2.73. The molecule has 0 unspecified atom stereocenters. The van der Waals surface area contributed by atoms with E-state index in [4.69, 9.17) is 16.6 Å². The maximum absolute atomic E-state index is 6.68. The standard InChI is InChI=1S/C25H24ClNSi/c1-28(2,21-11-4-3-5-12-21)25(22-13-7-8-14-23(22)26)18-20-17-16-19-10-6-9-15-24(19)27-20/h3-17,25H,18H2,1-2H3/t25-/m0/s1. The molecule has 1 heterocycles. The Kier molecular flexibility index (Phi) is 5.34. The van der Waals surface area contributed by atoms with Gasteiger partial charge in [0.25, 0.3) is 0 Å². The van der Waals surface area contributed by atoms with E-state index in [1.54, 1.807) is 0 Å². The maximum Gasteiger partial charge on any atom is 0.0884 e. The third-order valence-electron chi connectivity index (χ3n) is 5.74. The van der Waals surface area contributed by atoms with E-state index in [0.717, 1.165) is 22.7 Å². The Hall–Kier alpha value is -2.42. The van der Waals surface area contributed by atoms with Crippen LogP contribution in [0.5, 0.6) is 0 Å². The minimum atomic E-state index is -1.86. The van der Waals surface area contributed by atoms with Crippen molar-refractivity contribution in [1.82, 2.24) is 4.98 Å². The molecule has 0 saturated carbocycles. The van der Waals surface area contributed by atoms with E-state index in [1.165, 1.54) is 16.1 Å². The van der Waals surface area contributed by atoms with Gasteiger partial charge in [0.15, 0.2) is 0 Å². The normalized spacial score (nSPS) is 12.8. The van der Waals surface area contributed by atoms with Gasteiger partial charge in [0, 0.05) is 16.1 Å². The van der Waals surface area contributed by atoms with Gasteiger partial charge in [0.2, 0.25) is 0 Å². The fourth-order valence-electron chi connectivity index (χ4n) is 4.01. The van der Waals surface area contributed by atoms with Crippen molar-refractivity contribution in [2.24, 2.45) is 0 Å². The zero-order valence-electron chi connectivity index (χ0n) is 16.3. The van der Waals surface area contributed by atoms with Gasteiger partial charge in [0.05, 0.1) is 13.6 Å². The number of nitrogens with zero attached hydrogens (tertiary/aromatic N) is 1. The summed E-state index contributed by atoms with van der Waals surface area (Å²) in [6.07, 6.45) is 0.892. The maximum atomic E-state index is 6.68. The number of benzene rings is 3. The molecule has 3 heteroatoms. The summed E-state index contributed by atoms with van der Waals surface area (Å²) in [7, 11) is -1.86. The molecule has 0 aliphatic carbocycles. The van der Waals surface area contributed by atoms with Crippen LogP contribution in [-0.4, -0.2) is 13.1 Å². The molecule has 0 amide bonds. The number of pyridine rings is 1. The van der Waals surface area contributed by atoms with Crippen LogP contribution < -0.4 is 5.19 Å². The first-order valence-electron chi connectivity index (χ1n) is 9.70. The van der Waals surface area contributed by atoms with Gasteiger partial charge in [-0.2, -0.15) is 0 Å². The molecule has 0 spiro atoms. The van der Waals surface area contributed by atoms with Gasteiger partial charge in [-0.1, -0.05) is 103 Å². The lowest BCUT2D eigenvalue weighted by atomic mass is 10.1. The van der Waals surface area contributed by atoms with Crippen molar-refractivity contribution in [2.45, 2.75) is 25.1 Å². The monoisotopic (exact) mass is 401 g/mol. The van der Waals surface area contributed by atoms with E-state index in [1.807, 2.05) is 18.2 Å². The highest BCUT2D eigenvalue weighted by Gasteiger charge is 2.36. The van der Waals surface area contributed by atoms with Gasteiger partial charge in [0.1, 0.15) is 0 Å². The highest BCUT2D eigenvalue weighted by Crippen LogP contribution is 2.34. The van der Waals surface area contributed by atoms with Crippen molar-refractivity contribution in [3.63, 3.8) is 0 Å². The van der Waals surface area contributed by atoms with Gasteiger partial charge in [-0.3, -0.25) is 4.98 Å². The summed E-state index contributed by atoms with van der Waals surface area (Å²) in [6, 6.07) is 31.9. The Morgan fingerprint density at radius 3 is 2.25 bits per heavy atom. The van der Waals surface area contributed by atoms with Gasteiger partial charge in [-0.05, 0) is 35.7 Å². The highest BCUT2D eigenvalue weighted by molar-refractivity contribution is 6.91. The Labute approximate surface area is 173 Å². The zero-order valence-corrected chi connectivity index (χ0v) is 18.0. The minimum absolute atomic E-state index is 0.345. The Morgan fingerprint density at radius 2 is 1.46 bits per heavy atom. The van der Waals surface area contributed by atoms with E-state index in [0.29, 0.717) is 5.54 Å². The third kappa shape index (κ3) is 3.75. The lowest BCUT2D eigenvalue weighted by Crippen LogP contribution is -2.48. The SMILES string of the molecule is C[Si](C)(c1ccccc1)[C@@H](Cc1ccc2ccccc2n1)c1ccccc1Cl. The lowest BCUT2D eigenvalue weighted by Gasteiger charge is -2.34. The molecule has 4 aromatic rings. The fraction of sp³-hybridized carbons (Fsp3) is 0.160.